The average Bonchev–Trinajstić information content (AvgIpc) is 3.12. The van der Waals surface area contributed by atoms with Gasteiger partial charge in [-0.2, -0.15) is 0 Å². The highest BCUT2D eigenvalue weighted by molar-refractivity contribution is 5.76. The van der Waals surface area contributed by atoms with E-state index in [1.807, 2.05) is 0 Å². The lowest BCUT2D eigenvalue weighted by molar-refractivity contribution is -0.123. The van der Waals surface area contributed by atoms with Crippen LogP contribution in [-0.4, -0.2) is 34.9 Å². The molecule has 4 nitrogen and oxygen atoms in total. The molecule has 0 aromatic heterocycles. The summed E-state index contributed by atoms with van der Waals surface area (Å²) in [5.74, 6) is -0.0258. The summed E-state index contributed by atoms with van der Waals surface area (Å²) in [5.41, 5.74) is 0. The summed E-state index contributed by atoms with van der Waals surface area (Å²) in [5, 5.41) is 23.1. The van der Waals surface area contributed by atoms with Crippen molar-refractivity contribution in [3.05, 3.63) is 0 Å². The van der Waals surface area contributed by atoms with E-state index in [0.717, 1.165) is 25.7 Å². The second-order valence-corrected chi connectivity index (χ2v) is 16.2. The van der Waals surface area contributed by atoms with E-state index in [1.54, 1.807) is 0 Å². The van der Waals surface area contributed by atoms with Crippen LogP contribution in [0.15, 0.2) is 0 Å². The van der Waals surface area contributed by atoms with Crippen LogP contribution in [0.1, 0.15) is 271 Å². The summed E-state index contributed by atoms with van der Waals surface area (Å²) in [4.78, 5) is 12.4. The minimum Gasteiger partial charge on any atom is -0.394 e. The van der Waals surface area contributed by atoms with Gasteiger partial charge >= 0.3 is 0 Å². The SMILES string of the molecule is CCCCCCCCCCCCCCCCCCCCCCCCCCCCC(=O)N[C@@H](CO)[C@H](O)CCCCCCCCCCCCCC. The lowest BCUT2D eigenvalue weighted by Gasteiger charge is -2.22. The molecule has 1 amide bonds. The number of nitrogens with one attached hydrogen (secondary N) is 1. The van der Waals surface area contributed by atoms with Gasteiger partial charge < -0.3 is 15.5 Å². The van der Waals surface area contributed by atoms with Crippen molar-refractivity contribution in [2.75, 3.05) is 6.61 Å². The molecule has 0 unspecified atom stereocenters. The Morgan fingerprint density at radius 3 is 0.900 bits per heavy atom. The van der Waals surface area contributed by atoms with Gasteiger partial charge in [0.05, 0.1) is 18.8 Å². The number of hydrogen-bond acceptors (Lipinski definition) is 3. The van der Waals surface area contributed by atoms with Crippen LogP contribution in [0.2, 0.25) is 0 Å². The lowest BCUT2D eigenvalue weighted by atomic mass is 10.0. The van der Waals surface area contributed by atoms with Gasteiger partial charge in [-0.25, -0.2) is 0 Å². The Morgan fingerprint density at radius 1 is 0.400 bits per heavy atom. The van der Waals surface area contributed by atoms with Crippen molar-refractivity contribution in [2.45, 2.75) is 283 Å². The van der Waals surface area contributed by atoms with Crippen molar-refractivity contribution in [1.82, 2.24) is 5.32 Å². The molecule has 0 aliphatic heterocycles. The van der Waals surface area contributed by atoms with Gasteiger partial charge in [0.1, 0.15) is 0 Å². The van der Waals surface area contributed by atoms with Gasteiger partial charge in [0.2, 0.25) is 5.91 Å². The fourth-order valence-corrected chi connectivity index (χ4v) is 7.54. The van der Waals surface area contributed by atoms with Crippen LogP contribution in [-0.2, 0) is 4.79 Å². The molecule has 0 aromatic rings. The second kappa shape index (κ2) is 42.8. The van der Waals surface area contributed by atoms with Gasteiger partial charge in [-0.1, -0.05) is 251 Å². The summed E-state index contributed by atoms with van der Waals surface area (Å²) in [6, 6.07) is -0.528. The molecule has 0 aromatic carbocycles. The van der Waals surface area contributed by atoms with Gasteiger partial charge in [-0.05, 0) is 12.8 Å². The van der Waals surface area contributed by atoms with E-state index in [-0.39, 0.29) is 12.5 Å². The molecule has 0 bridgehead atoms. The number of hydrogen-bond donors (Lipinski definition) is 3. The van der Waals surface area contributed by atoms with Crippen LogP contribution in [0, 0.1) is 0 Å². The summed E-state index contributed by atoms with van der Waals surface area (Å²) < 4.78 is 0. The smallest absolute Gasteiger partial charge is 0.220 e. The predicted molar refractivity (Wildman–Crippen MR) is 221 cm³/mol. The molecule has 50 heavy (non-hydrogen) atoms. The van der Waals surface area contributed by atoms with E-state index in [1.165, 1.54) is 218 Å². The lowest BCUT2D eigenvalue weighted by Crippen LogP contribution is -2.45. The van der Waals surface area contributed by atoms with Crippen LogP contribution >= 0.6 is 0 Å². The Morgan fingerprint density at radius 2 is 0.640 bits per heavy atom. The minimum atomic E-state index is -0.652. The first-order chi connectivity index (χ1) is 24.7. The molecule has 2 atom stereocenters. The first-order valence-electron chi connectivity index (χ1n) is 23.2. The Labute approximate surface area is 314 Å². The number of aliphatic hydroxyl groups excluding tert-OH is 2. The van der Waals surface area contributed by atoms with Crippen LogP contribution in [0.25, 0.3) is 0 Å². The van der Waals surface area contributed by atoms with E-state index in [2.05, 4.69) is 19.2 Å². The number of carbonyl (C=O) groups excluding carboxylic acids is 1. The number of rotatable bonds is 43. The maximum Gasteiger partial charge on any atom is 0.220 e. The van der Waals surface area contributed by atoms with Gasteiger partial charge in [-0.15, -0.1) is 0 Å². The summed E-state index contributed by atoms with van der Waals surface area (Å²) >= 11 is 0. The Balaban J connectivity index is 3.39. The Hall–Kier alpha value is -0.610. The van der Waals surface area contributed by atoms with Crippen molar-refractivity contribution < 1.29 is 15.0 Å². The van der Waals surface area contributed by atoms with Gasteiger partial charge in [0, 0.05) is 6.42 Å². The molecule has 0 heterocycles. The number of unbranched alkanes of at least 4 members (excludes halogenated alkanes) is 36. The predicted octanol–water partition coefficient (Wildman–Crippen LogP) is 14.5. The average molecular weight is 708 g/mol. The molecule has 0 aliphatic rings. The largest absolute Gasteiger partial charge is 0.394 e. The summed E-state index contributed by atoms with van der Waals surface area (Å²) in [6.07, 6.45) is 52.0. The maximum atomic E-state index is 12.4. The highest BCUT2D eigenvalue weighted by Crippen LogP contribution is 2.17. The fraction of sp³-hybridized carbons (Fsp3) is 0.978. The zero-order valence-electron chi connectivity index (χ0n) is 34.4. The van der Waals surface area contributed by atoms with Crippen LogP contribution in [0.5, 0.6) is 0 Å². The first-order valence-corrected chi connectivity index (χ1v) is 23.2. The van der Waals surface area contributed by atoms with E-state index in [0.29, 0.717) is 12.8 Å². The fourth-order valence-electron chi connectivity index (χ4n) is 7.54. The van der Waals surface area contributed by atoms with E-state index in [4.69, 9.17) is 0 Å². The summed E-state index contributed by atoms with van der Waals surface area (Å²) in [6.45, 7) is 4.38. The van der Waals surface area contributed by atoms with Crippen LogP contribution in [0.4, 0.5) is 0 Å². The van der Waals surface area contributed by atoms with Crippen molar-refractivity contribution in [2.24, 2.45) is 0 Å². The molecule has 4 heteroatoms. The minimum absolute atomic E-state index is 0.0258. The Bertz CT molecular complexity index is 641. The molecule has 0 aliphatic carbocycles. The maximum absolute atomic E-state index is 12.4. The molecule has 0 saturated heterocycles. The Kier molecular flexibility index (Phi) is 42.3. The number of carbonyl (C=O) groups is 1. The first kappa shape index (κ1) is 49.4. The standard InChI is InChI=1S/C46H93NO3/c1-3-5-7-9-11-13-15-17-18-19-20-21-22-23-24-25-26-27-28-29-30-32-34-36-38-40-42-46(50)47-44(43-48)45(49)41-39-37-35-33-31-16-14-12-10-8-6-4-2/h44-45,48-49H,3-43H2,1-2H3,(H,47,50)/t44-,45+/m0/s1. The molecule has 0 fully saturated rings. The van der Waals surface area contributed by atoms with E-state index < -0.39 is 12.1 Å². The van der Waals surface area contributed by atoms with Gasteiger partial charge in [0.15, 0.2) is 0 Å². The van der Waals surface area contributed by atoms with Crippen molar-refractivity contribution >= 4 is 5.91 Å². The van der Waals surface area contributed by atoms with Gasteiger partial charge in [0.25, 0.3) is 0 Å². The van der Waals surface area contributed by atoms with Crippen molar-refractivity contribution in [1.29, 1.82) is 0 Å². The van der Waals surface area contributed by atoms with E-state index in [9.17, 15) is 15.0 Å². The molecule has 0 spiro atoms. The highest BCUT2D eigenvalue weighted by Gasteiger charge is 2.20. The summed E-state index contributed by atoms with van der Waals surface area (Å²) in [7, 11) is 0. The van der Waals surface area contributed by atoms with Crippen molar-refractivity contribution in [3.8, 4) is 0 Å². The molecular formula is C46H93NO3. The third-order valence-corrected chi connectivity index (χ3v) is 11.1. The molecular weight excluding hydrogens is 615 g/mol. The number of aliphatic hydroxyl groups is 2. The molecule has 0 rings (SSSR count). The second-order valence-electron chi connectivity index (χ2n) is 16.2. The molecule has 300 valence electrons. The molecule has 0 radical (unpaired) electrons. The topological polar surface area (TPSA) is 69.6 Å². The number of amides is 1. The zero-order chi connectivity index (χ0) is 36.4. The van der Waals surface area contributed by atoms with Crippen molar-refractivity contribution in [3.63, 3.8) is 0 Å². The van der Waals surface area contributed by atoms with Gasteiger partial charge in [-0.3, -0.25) is 4.79 Å². The van der Waals surface area contributed by atoms with Crippen LogP contribution in [0.3, 0.4) is 0 Å². The molecule has 3 N–H and O–H groups in total. The zero-order valence-corrected chi connectivity index (χ0v) is 34.4. The quantitative estimate of drug-likeness (QED) is 0.0553. The normalized spacial score (nSPS) is 12.8. The monoisotopic (exact) mass is 708 g/mol. The molecule has 0 saturated carbocycles. The van der Waals surface area contributed by atoms with Crippen LogP contribution < -0.4 is 5.32 Å². The highest BCUT2D eigenvalue weighted by atomic mass is 16.3. The van der Waals surface area contributed by atoms with E-state index >= 15 is 0 Å². The third-order valence-electron chi connectivity index (χ3n) is 11.1. The third kappa shape index (κ3) is 38.6.